The zero-order chi connectivity index (χ0) is 19.9. The Morgan fingerprint density at radius 3 is 1.19 bits per heavy atom. The molecular weight excluding hydrogens is 338 g/mol. The number of carbonyl (C=O) groups is 2. The van der Waals surface area contributed by atoms with Crippen molar-refractivity contribution in [3.63, 3.8) is 0 Å². The molecule has 0 aromatic carbocycles. The monoisotopic (exact) mass is 377 g/mol. The third-order valence-electron chi connectivity index (χ3n) is 3.38. The summed E-state index contributed by atoms with van der Waals surface area (Å²) in [4.78, 5) is 20.2. The molecule has 0 amide bonds. The molecule has 0 aliphatic carbocycles. The van der Waals surface area contributed by atoms with E-state index in [9.17, 15) is 9.59 Å². The Labute approximate surface area is 157 Å². The van der Waals surface area contributed by atoms with Gasteiger partial charge >= 0.3 is 11.9 Å². The molecule has 0 fully saturated rings. The van der Waals surface area contributed by atoms with Gasteiger partial charge in [-0.15, -0.1) is 0 Å². The van der Waals surface area contributed by atoms with Crippen LogP contribution in [0.25, 0.3) is 0 Å². The maximum atomic E-state index is 10.1. The van der Waals surface area contributed by atoms with Gasteiger partial charge in [-0.05, 0) is 12.8 Å². The fourth-order valence-electron chi connectivity index (χ4n) is 2.02. The first-order chi connectivity index (χ1) is 12.5. The van der Waals surface area contributed by atoms with Crippen LogP contribution in [0.3, 0.4) is 0 Å². The van der Waals surface area contributed by atoms with Crippen molar-refractivity contribution in [3.8, 4) is 0 Å². The first-order valence-electron chi connectivity index (χ1n) is 9.50. The van der Waals surface area contributed by atoms with Gasteiger partial charge in [-0.25, -0.2) is 0 Å². The summed E-state index contributed by atoms with van der Waals surface area (Å²) in [6.45, 7) is 7.15. The molecule has 9 nitrogen and oxygen atoms in total. The molecule has 0 radical (unpaired) electrons. The van der Waals surface area contributed by atoms with Crippen molar-refractivity contribution in [2.45, 2.75) is 44.9 Å². The smallest absolute Gasteiger partial charge is 0.303 e. The van der Waals surface area contributed by atoms with Gasteiger partial charge in [0, 0.05) is 65.2 Å². The minimum Gasteiger partial charge on any atom is -0.481 e. The number of aliphatic carboxylic acids is 2. The van der Waals surface area contributed by atoms with Gasteiger partial charge in [0.2, 0.25) is 0 Å². The molecule has 0 rings (SSSR count). The Balaban J connectivity index is 0. The summed E-state index contributed by atoms with van der Waals surface area (Å²) in [7, 11) is 0. The van der Waals surface area contributed by atoms with E-state index in [1.807, 2.05) is 0 Å². The summed E-state index contributed by atoms with van der Waals surface area (Å²) in [6, 6.07) is 0. The van der Waals surface area contributed by atoms with E-state index < -0.39 is 11.9 Å². The van der Waals surface area contributed by atoms with Crippen molar-refractivity contribution in [1.29, 1.82) is 0 Å². The van der Waals surface area contributed by atoms with Crippen molar-refractivity contribution < 1.29 is 19.8 Å². The Hall–Kier alpha value is -1.26. The molecule has 0 saturated heterocycles. The lowest BCUT2D eigenvalue weighted by Gasteiger charge is -2.06. The summed E-state index contributed by atoms with van der Waals surface area (Å²) in [6.07, 6.45) is 4.53. The summed E-state index contributed by atoms with van der Waals surface area (Å²) < 4.78 is 0. The average Bonchev–Trinajstić information content (AvgIpc) is 2.59. The Kier molecular flexibility index (Phi) is 24.6. The lowest BCUT2D eigenvalue weighted by molar-refractivity contribution is -0.138. The molecular formula is C17H39N5O4. The third kappa shape index (κ3) is 30.6. The molecule has 156 valence electrons. The second-order valence-corrected chi connectivity index (χ2v) is 5.88. The van der Waals surface area contributed by atoms with E-state index in [1.165, 1.54) is 0 Å². The van der Waals surface area contributed by atoms with E-state index in [0.717, 1.165) is 58.5 Å². The number of hydrogen-bond donors (Lipinski definition) is 7. The van der Waals surface area contributed by atoms with Crippen LogP contribution in [0.4, 0.5) is 0 Å². The zero-order valence-electron chi connectivity index (χ0n) is 16.0. The highest BCUT2D eigenvalue weighted by Gasteiger charge is 1.98. The minimum atomic E-state index is -0.759. The molecule has 0 spiro atoms. The first-order valence-corrected chi connectivity index (χ1v) is 9.50. The first kappa shape index (κ1) is 27.0. The van der Waals surface area contributed by atoms with Gasteiger partial charge in [0.15, 0.2) is 0 Å². The van der Waals surface area contributed by atoms with Crippen LogP contribution in [0.5, 0.6) is 0 Å². The maximum Gasteiger partial charge on any atom is 0.303 e. The van der Waals surface area contributed by atoms with Crippen LogP contribution in [0, 0.1) is 0 Å². The summed E-state index contributed by atoms with van der Waals surface area (Å²) in [5.74, 6) is -1.52. The van der Waals surface area contributed by atoms with Crippen molar-refractivity contribution in [2.24, 2.45) is 11.5 Å². The van der Waals surface area contributed by atoms with Gasteiger partial charge in [-0.3, -0.25) is 9.59 Å². The van der Waals surface area contributed by atoms with E-state index in [2.05, 4.69) is 16.0 Å². The fraction of sp³-hybridized carbons (Fsp3) is 0.882. The predicted octanol–water partition coefficient (Wildman–Crippen LogP) is -0.441. The highest BCUT2D eigenvalue weighted by Crippen LogP contribution is 2.06. The molecule has 0 saturated carbocycles. The fourth-order valence-corrected chi connectivity index (χ4v) is 2.02. The Morgan fingerprint density at radius 1 is 0.577 bits per heavy atom. The van der Waals surface area contributed by atoms with E-state index in [0.29, 0.717) is 25.9 Å². The molecule has 0 heterocycles. The van der Waals surface area contributed by atoms with Crippen LogP contribution in [-0.4, -0.2) is 74.5 Å². The summed E-state index contributed by atoms with van der Waals surface area (Å²) >= 11 is 0. The highest BCUT2D eigenvalue weighted by molar-refractivity contribution is 5.66. The molecule has 0 aromatic heterocycles. The number of carboxylic acids is 2. The van der Waals surface area contributed by atoms with E-state index in [1.54, 1.807) is 0 Å². The normalized spacial score (nSPS) is 10.2. The number of hydrogen-bond acceptors (Lipinski definition) is 7. The number of carboxylic acid groups (broad SMARTS) is 2. The highest BCUT2D eigenvalue weighted by atomic mass is 16.4. The SMILES string of the molecule is NCCNCCNCCNCCN.O=C(O)CCCCCCCC(=O)O. The predicted molar refractivity (Wildman–Crippen MR) is 104 cm³/mol. The molecule has 0 aromatic rings. The number of nitrogens with one attached hydrogen (secondary N) is 3. The summed E-state index contributed by atoms with van der Waals surface area (Å²) in [5, 5.41) is 26.3. The third-order valence-corrected chi connectivity index (χ3v) is 3.38. The topological polar surface area (TPSA) is 163 Å². The molecule has 0 aliphatic heterocycles. The molecule has 9 N–H and O–H groups in total. The average molecular weight is 378 g/mol. The van der Waals surface area contributed by atoms with Crippen molar-refractivity contribution >= 4 is 11.9 Å². The minimum absolute atomic E-state index is 0.221. The van der Waals surface area contributed by atoms with Crippen LogP contribution in [-0.2, 0) is 9.59 Å². The Morgan fingerprint density at radius 2 is 0.885 bits per heavy atom. The van der Waals surface area contributed by atoms with Gasteiger partial charge in [-0.2, -0.15) is 0 Å². The number of rotatable bonds is 18. The van der Waals surface area contributed by atoms with Gasteiger partial charge in [0.05, 0.1) is 0 Å². The summed E-state index contributed by atoms with van der Waals surface area (Å²) in [5.41, 5.74) is 10.6. The molecule has 0 bridgehead atoms. The van der Waals surface area contributed by atoms with Crippen LogP contribution in [0.15, 0.2) is 0 Å². The lowest BCUT2D eigenvalue weighted by Crippen LogP contribution is -2.35. The van der Waals surface area contributed by atoms with Gasteiger partial charge in [-0.1, -0.05) is 19.3 Å². The molecule has 0 atom stereocenters. The van der Waals surface area contributed by atoms with Crippen LogP contribution < -0.4 is 27.4 Å². The molecule has 26 heavy (non-hydrogen) atoms. The van der Waals surface area contributed by atoms with Crippen molar-refractivity contribution in [2.75, 3.05) is 52.4 Å². The van der Waals surface area contributed by atoms with Crippen LogP contribution in [0.2, 0.25) is 0 Å². The molecule has 9 heteroatoms. The van der Waals surface area contributed by atoms with Crippen LogP contribution >= 0.6 is 0 Å². The van der Waals surface area contributed by atoms with E-state index in [-0.39, 0.29) is 12.8 Å². The second kappa shape index (κ2) is 23.7. The van der Waals surface area contributed by atoms with Gasteiger partial charge in [0.25, 0.3) is 0 Å². The van der Waals surface area contributed by atoms with Crippen molar-refractivity contribution in [3.05, 3.63) is 0 Å². The lowest BCUT2D eigenvalue weighted by atomic mass is 10.1. The quantitative estimate of drug-likeness (QED) is 0.157. The number of nitrogens with two attached hydrogens (primary N) is 2. The van der Waals surface area contributed by atoms with E-state index in [4.69, 9.17) is 21.7 Å². The molecule has 0 aliphatic rings. The molecule has 0 unspecified atom stereocenters. The van der Waals surface area contributed by atoms with Crippen LogP contribution in [0.1, 0.15) is 44.9 Å². The van der Waals surface area contributed by atoms with E-state index >= 15 is 0 Å². The largest absolute Gasteiger partial charge is 0.481 e. The van der Waals surface area contributed by atoms with Gasteiger partial charge < -0.3 is 37.6 Å². The maximum absolute atomic E-state index is 10.1. The zero-order valence-corrected chi connectivity index (χ0v) is 16.0. The Bertz CT molecular complexity index is 292. The standard InChI is InChI=1S/C9H16O4.C8H23N5/c10-8(11)6-4-2-1-3-5-7-9(12)13;9-1-3-11-5-7-13-8-6-12-4-2-10/h1-7H2,(H,10,11)(H,12,13);11-13H,1-10H2. The second-order valence-electron chi connectivity index (χ2n) is 5.88. The number of unbranched alkanes of at least 4 members (excludes halogenated alkanes) is 4. The van der Waals surface area contributed by atoms with Gasteiger partial charge in [0.1, 0.15) is 0 Å². The van der Waals surface area contributed by atoms with Crippen molar-refractivity contribution in [1.82, 2.24) is 16.0 Å².